The van der Waals surface area contributed by atoms with Gasteiger partial charge in [0.1, 0.15) is 11.8 Å². The molecule has 0 aliphatic carbocycles. The molecule has 4 nitrogen and oxygen atoms in total. The Kier molecular flexibility index (Phi) is 3.17. The van der Waals surface area contributed by atoms with Crippen molar-refractivity contribution in [2.75, 3.05) is 0 Å². The minimum absolute atomic E-state index is 0.128. The number of hydrogen-bond acceptors (Lipinski definition) is 3. The minimum atomic E-state index is -0.128. The van der Waals surface area contributed by atoms with E-state index in [1.807, 2.05) is 6.07 Å². The molecule has 1 aromatic carbocycles. The molecule has 0 radical (unpaired) electrons. The first-order valence-electron chi connectivity index (χ1n) is 5.31. The van der Waals surface area contributed by atoms with Crippen molar-refractivity contribution in [1.29, 1.82) is 5.26 Å². The molecule has 1 aromatic heterocycles. The van der Waals surface area contributed by atoms with Gasteiger partial charge < -0.3 is 0 Å². The van der Waals surface area contributed by atoms with Crippen molar-refractivity contribution in [2.24, 2.45) is 0 Å². The van der Waals surface area contributed by atoms with E-state index < -0.39 is 0 Å². The number of carbonyl (C=O) groups excluding carboxylic acids is 1. The van der Waals surface area contributed by atoms with E-state index in [-0.39, 0.29) is 11.5 Å². The number of ketones is 1. The number of halogens is 1. The minimum Gasteiger partial charge on any atom is -0.293 e. The number of rotatable bonds is 2. The van der Waals surface area contributed by atoms with Crippen LogP contribution >= 0.6 is 11.6 Å². The van der Waals surface area contributed by atoms with Crippen LogP contribution in [0.3, 0.4) is 0 Å². The van der Waals surface area contributed by atoms with Crippen molar-refractivity contribution in [3.8, 4) is 11.8 Å². The Morgan fingerprint density at radius 2 is 2.00 bits per heavy atom. The van der Waals surface area contributed by atoms with Crippen molar-refractivity contribution in [1.82, 2.24) is 9.78 Å². The van der Waals surface area contributed by atoms with E-state index in [2.05, 4.69) is 5.10 Å². The molecule has 0 bridgehead atoms. The first kappa shape index (κ1) is 12.3. The van der Waals surface area contributed by atoms with Crippen LogP contribution in [0, 0.1) is 18.3 Å². The third-order valence-electron chi connectivity index (χ3n) is 2.63. The number of nitriles is 1. The summed E-state index contributed by atoms with van der Waals surface area (Å²) in [6, 6.07) is 8.91. The smallest absolute Gasteiger partial charge is 0.178 e. The number of Topliss-reactive ketones (excluding diaryl/α,β-unsaturated/α-hetero) is 1. The molecule has 2 aromatic rings. The molecule has 0 amide bonds. The monoisotopic (exact) mass is 259 g/mol. The van der Waals surface area contributed by atoms with Crippen molar-refractivity contribution in [2.45, 2.75) is 13.8 Å². The maximum absolute atomic E-state index is 11.7. The van der Waals surface area contributed by atoms with Gasteiger partial charge in [-0.25, -0.2) is 4.68 Å². The number of hydrogen-bond donors (Lipinski definition) is 0. The molecule has 5 heteroatoms. The summed E-state index contributed by atoms with van der Waals surface area (Å²) in [7, 11) is 0. The van der Waals surface area contributed by atoms with Crippen LogP contribution in [0.4, 0.5) is 0 Å². The lowest BCUT2D eigenvalue weighted by molar-refractivity contribution is 0.101. The fourth-order valence-corrected chi connectivity index (χ4v) is 1.91. The van der Waals surface area contributed by atoms with Crippen LogP contribution in [0.5, 0.6) is 0 Å². The molecule has 0 atom stereocenters. The van der Waals surface area contributed by atoms with Gasteiger partial charge in [0, 0.05) is 17.5 Å². The van der Waals surface area contributed by atoms with E-state index in [0.29, 0.717) is 22.0 Å². The molecular formula is C13H10ClN3O. The van der Waals surface area contributed by atoms with Gasteiger partial charge in [-0.15, -0.1) is 0 Å². The summed E-state index contributed by atoms with van der Waals surface area (Å²) in [5, 5.41) is 13.7. The Morgan fingerprint density at radius 1 is 1.39 bits per heavy atom. The molecule has 1 heterocycles. The summed E-state index contributed by atoms with van der Waals surface area (Å²) < 4.78 is 1.48. The third-order valence-corrected chi connectivity index (χ3v) is 2.88. The Balaban J connectivity index is 2.68. The van der Waals surface area contributed by atoms with Gasteiger partial charge in [-0.05, 0) is 31.2 Å². The highest BCUT2D eigenvalue weighted by molar-refractivity contribution is 6.30. The first-order chi connectivity index (χ1) is 8.54. The average Bonchev–Trinajstić information content (AvgIpc) is 2.67. The number of aromatic nitrogens is 2. The molecule has 90 valence electrons. The molecule has 0 saturated heterocycles. The van der Waals surface area contributed by atoms with Gasteiger partial charge in [-0.1, -0.05) is 11.6 Å². The summed E-state index contributed by atoms with van der Waals surface area (Å²) in [6.07, 6.45) is 0. The lowest BCUT2D eigenvalue weighted by atomic mass is 10.1. The number of nitrogens with zero attached hydrogens (tertiary/aromatic N) is 3. The molecule has 0 fully saturated rings. The van der Waals surface area contributed by atoms with Crippen LogP contribution in [0.1, 0.15) is 28.7 Å². The zero-order valence-electron chi connectivity index (χ0n) is 9.94. The maximum atomic E-state index is 11.7. The Labute approximate surface area is 109 Å². The predicted molar refractivity (Wildman–Crippen MR) is 68.0 cm³/mol. The Bertz CT molecular complexity index is 650. The van der Waals surface area contributed by atoms with Crippen molar-refractivity contribution < 1.29 is 4.79 Å². The summed E-state index contributed by atoms with van der Waals surface area (Å²) in [5.74, 6) is -0.128. The summed E-state index contributed by atoms with van der Waals surface area (Å²) in [5.41, 5.74) is 1.98. The van der Waals surface area contributed by atoms with Gasteiger partial charge in [0.15, 0.2) is 11.5 Å². The van der Waals surface area contributed by atoms with Crippen LogP contribution in [0.2, 0.25) is 5.02 Å². The van der Waals surface area contributed by atoms with Crippen LogP contribution in [0.25, 0.3) is 5.69 Å². The molecule has 0 aliphatic rings. The van der Waals surface area contributed by atoms with Gasteiger partial charge in [0.2, 0.25) is 0 Å². The van der Waals surface area contributed by atoms with Crippen molar-refractivity contribution in [3.05, 3.63) is 46.2 Å². The van der Waals surface area contributed by atoms with Crippen LogP contribution in [-0.4, -0.2) is 15.6 Å². The first-order valence-corrected chi connectivity index (χ1v) is 5.69. The van der Waals surface area contributed by atoms with Crippen LogP contribution in [0.15, 0.2) is 24.3 Å². The topological polar surface area (TPSA) is 58.7 Å². The van der Waals surface area contributed by atoms with E-state index in [4.69, 9.17) is 16.9 Å². The molecule has 0 spiro atoms. The van der Waals surface area contributed by atoms with Gasteiger partial charge >= 0.3 is 0 Å². The fraction of sp³-hybridized carbons (Fsp3) is 0.154. The van der Waals surface area contributed by atoms with Gasteiger partial charge in [0.05, 0.1) is 5.69 Å². The maximum Gasteiger partial charge on any atom is 0.178 e. The number of benzene rings is 1. The third kappa shape index (κ3) is 2.01. The van der Waals surface area contributed by atoms with Crippen molar-refractivity contribution >= 4 is 17.4 Å². The summed E-state index contributed by atoms with van der Waals surface area (Å²) in [6.45, 7) is 3.17. The molecule has 2 rings (SSSR count). The average molecular weight is 260 g/mol. The highest BCUT2D eigenvalue weighted by atomic mass is 35.5. The SMILES string of the molecule is CC(=O)c1c(C)c(C#N)nn1-c1ccc(Cl)cc1. The van der Waals surface area contributed by atoms with E-state index in [0.717, 1.165) is 0 Å². The van der Waals surface area contributed by atoms with E-state index in [9.17, 15) is 4.79 Å². The zero-order chi connectivity index (χ0) is 13.3. The van der Waals surface area contributed by atoms with Gasteiger partial charge in [-0.3, -0.25) is 4.79 Å². The second kappa shape index (κ2) is 4.63. The molecule has 18 heavy (non-hydrogen) atoms. The lowest BCUT2D eigenvalue weighted by Gasteiger charge is -2.05. The quantitative estimate of drug-likeness (QED) is 0.779. The molecule has 0 aliphatic heterocycles. The van der Waals surface area contributed by atoms with Gasteiger partial charge in [0.25, 0.3) is 0 Å². The normalized spacial score (nSPS) is 10.1. The lowest BCUT2D eigenvalue weighted by Crippen LogP contribution is -2.06. The van der Waals surface area contributed by atoms with E-state index in [1.54, 1.807) is 31.2 Å². The Morgan fingerprint density at radius 3 is 2.50 bits per heavy atom. The molecule has 0 saturated carbocycles. The number of carbonyl (C=O) groups is 1. The fourth-order valence-electron chi connectivity index (χ4n) is 1.78. The van der Waals surface area contributed by atoms with Gasteiger partial charge in [-0.2, -0.15) is 10.4 Å². The van der Waals surface area contributed by atoms with E-state index in [1.165, 1.54) is 11.6 Å². The predicted octanol–water partition coefficient (Wildman–Crippen LogP) is 2.91. The van der Waals surface area contributed by atoms with Crippen LogP contribution in [-0.2, 0) is 0 Å². The van der Waals surface area contributed by atoms with Crippen LogP contribution < -0.4 is 0 Å². The summed E-state index contributed by atoms with van der Waals surface area (Å²) in [4.78, 5) is 11.7. The molecular weight excluding hydrogens is 250 g/mol. The van der Waals surface area contributed by atoms with E-state index >= 15 is 0 Å². The second-order valence-corrected chi connectivity index (χ2v) is 4.31. The highest BCUT2D eigenvalue weighted by Crippen LogP contribution is 2.20. The standard InChI is InChI=1S/C13H10ClN3O/c1-8-12(7-15)16-17(13(8)9(2)18)11-5-3-10(14)4-6-11/h3-6H,1-2H3. The zero-order valence-corrected chi connectivity index (χ0v) is 10.7. The Hall–Kier alpha value is -2.12. The highest BCUT2D eigenvalue weighted by Gasteiger charge is 2.18. The van der Waals surface area contributed by atoms with Crippen molar-refractivity contribution in [3.63, 3.8) is 0 Å². The second-order valence-electron chi connectivity index (χ2n) is 3.88. The molecule has 0 unspecified atom stereocenters. The summed E-state index contributed by atoms with van der Waals surface area (Å²) >= 11 is 5.82. The molecule has 0 N–H and O–H groups in total. The largest absolute Gasteiger partial charge is 0.293 e.